The molecule has 1 aliphatic rings. The van der Waals surface area contributed by atoms with Crippen molar-refractivity contribution in [2.75, 3.05) is 26.5 Å². The zero-order chi connectivity index (χ0) is 20.5. The van der Waals surface area contributed by atoms with E-state index in [-0.39, 0.29) is 10.8 Å². The molecule has 1 amide bonds. The number of rotatable bonds is 6. The number of halogens is 1. The van der Waals surface area contributed by atoms with Crippen molar-refractivity contribution in [2.24, 2.45) is 0 Å². The lowest BCUT2D eigenvalue weighted by Gasteiger charge is -2.40. The molecule has 0 heterocycles. The first-order valence-corrected chi connectivity index (χ1v) is 10.7. The number of carbonyl (C=O) groups excluding carboxylic acids is 1. The van der Waals surface area contributed by atoms with E-state index in [2.05, 4.69) is 5.32 Å². The minimum absolute atomic E-state index is 0.0859. The molecule has 0 atom stereocenters. The molecule has 0 radical (unpaired) electrons. The number of sulfonamides is 1. The molecule has 2 aromatic rings. The number of nitrogens with one attached hydrogen (secondary N) is 1. The Morgan fingerprint density at radius 2 is 1.79 bits per heavy atom. The van der Waals surface area contributed by atoms with Crippen LogP contribution in [-0.2, 0) is 20.2 Å². The largest absolute Gasteiger partial charge is 0.495 e. The van der Waals surface area contributed by atoms with Gasteiger partial charge in [0.2, 0.25) is 15.9 Å². The minimum Gasteiger partial charge on any atom is -0.495 e. The fraction of sp³-hybridized carbons (Fsp3) is 0.350. The first-order chi connectivity index (χ1) is 13.2. The van der Waals surface area contributed by atoms with Crippen molar-refractivity contribution in [2.45, 2.75) is 29.6 Å². The maximum Gasteiger partial charge on any atom is 0.242 e. The Hall–Kier alpha value is -2.09. The number of hydrogen-bond donors (Lipinski definition) is 1. The molecular formula is C20H23ClN2O4S. The van der Waals surface area contributed by atoms with Crippen molar-refractivity contribution in [3.8, 4) is 5.75 Å². The van der Waals surface area contributed by atoms with Crippen molar-refractivity contribution in [3.05, 3.63) is 53.1 Å². The van der Waals surface area contributed by atoms with Gasteiger partial charge < -0.3 is 10.1 Å². The highest BCUT2D eigenvalue weighted by Gasteiger charge is 2.45. The average Bonchev–Trinajstić information content (AvgIpc) is 2.62. The molecule has 0 spiro atoms. The fourth-order valence-corrected chi connectivity index (χ4v) is 4.40. The molecule has 150 valence electrons. The van der Waals surface area contributed by atoms with E-state index >= 15 is 0 Å². The zero-order valence-corrected chi connectivity index (χ0v) is 17.6. The van der Waals surface area contributed by atoms with Gasteiger partial charge in [0.05, 0.1) is 23.1 Å². The van der Waals surface area contributed by atoms with Gasteiger partial charge in [-0.2, -0.15) is 0 Å². The van der Waals surface area contributed by atoms with Gasteiger partial charge in [0.25, 0.3) is 0 Å². The summed E-state index contributed by atoms with van der Waals surface area (Å²) in [7, 11) is 0.763. The summed E-state index contributed by atoms with van der Waals surface area (Å²) in [5, 5.41) is 3.50. The maximum atomic E-state index is 13.2. The summed E-state index contributed by atoms with van der Waals surface area (Å²) in [6.45, 7) is 0. The molecule has 0 saturated heterocycles. The fourth-order valence-electron chi connectivity index (χ4n) is 3.34. The van der Waals surface area contributed by atoms with E-state index in [0.29, 0.717) is 16.5 Å². The topological polar surface area (TPSA) is 75.7 Å². The zero-order valence-electron chi connectivity index (χ0n) is 16.0. The predicted molar refractivity (Wildman–Crippen MR) is 109 cm³/mol. The second-order valence-electron chi connectivity index (χ2n) is 7.05. The molecule has 3 rings (SSSR count). The first-order valence-electron chi connectivity index (χ1n) is 8.89. The van der Waals surface area contributed by atoms with Crippen LogP contribution < -0.4 is 10.1 Å². The summed E-state index contributed by atoms with van der Waals surface area (Å²) in [5.74, 6) is 0.218. The quantitative estimate of drug-likeness (QED) is 0.770. The Morgan fingerprint density at radius 3 is 2.29 bits per heavy atom. The van der Waals surface area contributed by atoms with Crippen LogP contribution in [-0.4, -0.2) is 39.8 Å². The van der Waals surface area contributed by atoms with Crippen LogP contribution in [0.2, 0.25) is 5.02 Å². The number of nitrogens with zero attached hydrogens (tertiary/aromatic N) is 1. The van der Waals surface area contributed by atoms with Crippen LogP contribution in [0.1, 0.15) is 24.8 Å². The Kier molecular flexibility index (Phi) is 5.70. The van der Waals surface area contributed by atoms with Gasteiger partial charge in [-0.05, 0) is 48.7 Å². The molecule has 1 fully saturated rings. The highest BCUT2D eigenvalue weighted by molar-refractivity contribution is 7.89. The van der Waals surface area contributed by atoms with E-state index in [0.717, 1.165) is 29.1 Å². The molecule has 1 aliphatic carbocycles. The number of benzene rings is 2. The average molecular weight is 423 g/mol. The Labute approximate surface area is 170 Å². The number of anilines is 1. The van der Waals surface area contributed by atoms with Crippen molar-refractivity contribution >= 4 is 33.2 Å². The van der Waals surface area contributed by atoms with Gasteiger partial charge >= 0.3 is 0 Å². The van der Waals surface area contributed by atoms with Crippen LogP contribution in [0.5, 0.6) is 5.75 Å². The molecule has 0 aromatic heterocycles. The number of carbonyl (C=O) groups is 1. The monoisotopic (exact) mass is 422 g/mol. The van der Waals surface area contributed by atoms with Gasteiger partial charge in [0, 0.05) is 19.1 Å². The molecule has 1 N–H and O–H groups in total. The first kappa shape index (κ1) is 20.6. The van der Waals surface area contributed by atoms with E-state index < -0.39 is 15.4 Å². The van der Waals surface area contributed by atoms with Gasteiger partial charge in [-0.25, -0.2) is 12.7 Å². The van der Waals surface area contributed by atoms with E-state index in [9.17, 15) is 13.2 Å². The van der Waals surface area contributed by atoms with Crippen LogP contribution in [0, 0.1) is 0 Å². The highest BCUT2D eigenvalue weighted by Crippen LogP contribution is 2.45. The molecule has 2 aromatic carbocycles. The second kappa shape index (κ2) is 7.73. The Morgan fingerprint density at radius 1 is 1.14 bits per heavy atom. The summed E-state index contributed by atoms with van der Waals surface area (Å²) in [6.07, 6.45) is 2.39. The highest BCUT2D eigenvalue weighted by atomic mass is 35.5. The Balaban J connectivity index is 1.95. The lowest BCUT2D eigenvalue weighted by atomic mass is 9.64. The molecule has 0 bridgehead atoms. The molecule has 0 unspecified atom stereocenters. The molecular weight excluding hydrogens is 400 g/mol. The third-order valence-corrected chi connectivity index (χ3v) is 7.30. The van der Waals surface area contributed by atoms with Crippen LogP contribution >= 0.6 is 11.6 Å². The predicted octanol–water partition coefficient (Wildman–Crippen LogP) is 3.66. The van der Waals surface area contributed by atoms with Gasteiger partial charge in [-0.15, -0.1) is 0 Å². The van der Waals surface area contributed by atoms with Crippen LogP contribution in [0.25, 0.3) is 0 Å². The molecule has 0 aliphatic heterocycles. The van der Waals surface area contributed by atoms with Crippen LogP contribution in [0.4, 0.5) is 5.69 Å². The van der Waals surface area contributed by atoms with Crippen molar-refractivity contribution in [1.29, 1.82) is 0 Å². The van der Waals surface area contributed by atoms with E-state index in [1.165, 1.54) is 33.3 Å². The van der Waals surface area contributed by atoms with E-state index in [1.807, 2.05) is 12.1 Å². The second-order valence-corrected chi connectivity index (χ2v) is 9.63. The SMILES string of the molecule is COc1ccc(S(=O)(=O)N(C)C)cc1NC(=O)C1(c2ccc(Cl)cc2)CCC1. The maximum absolute atomic E-state index is 13.2. The number of ether oxygens (including phenoxy) is 1. The van der Waals surface area contributed by atoms with Gasteiger partial charge in [-0.3, -0.25) is 4.79 Å². The van der Waals surface area contributed by atoms with Crippen LogP contribution in [0.15, 0.2) is 47.4 Å². The lowest BCUT2D eigenvalue weighted by Crippen LogP contribution is -2.46. The third-order valence-electron chi connectivity index (χ3n) is 5.24. The van der Waals surface area contributed by atoms with Crippen LogP contribution in [0.3, 0.4) is 0 Å². The van der Waals surface area contributed by atoms with E-state index in [1.54, 1.807) is 18.2 Å². The number of methoxy groups -OCH3 is 1. The van der Waals surface area contributed by atoms with E-state index in [4.69, 9.17) is 16.3 Å². The number of amides is 1. The molecule has 6 nitrogen and oxygen atoms in total. The summed E-state index contributed by atoms with van der Waals surface area (Å²) in [6, 6.07) is 11.7. The normalized spacial score (nSPS) is 15.8. The molecule has 1 saturated carbocycles. The summed E-state index contributed by atoms with van der Waals surface area (Å²) in [5.41, 5.74) is 0.582. The molecule has 8 heteroatoms. The van der Waals surface area contributed by atoms with Crippen molar-refractivity contribution in [3.63, 3.8) is 0 Å². The standard InChI is InChI=1S/C20H23ClN2O4S/c1-23(2)28(25,26)16-9-10-18(27-3)17(13-16)22-19(24)20(11-4-12-20)14-5-7-15(21)8-6-14/h5-10,13H,4,11-12H2,1-3H3,(H,22,24). The minimum atomic E-state index is -3.63. The smallest absolute Gasteiger partial charge is 0.242 e. The van der Waals surface area contributed by atoms with Gasteiger partial charge in [0.15, 0.2) is 0 Å². The van der Waals surface area contributed by atoms with Crippen molar-refractivity contribution < 1.29 is 17.9 Å². The third kappa shape index (κ3) is 3.62. The van der Waals surface area contributed by atoms with Crippen molar-refractivity contribution in [1.82, 2.24) is 4.31 Å². The summed E-state index contributed by atoms with van der Waals surface area (Å²) >= 11 is 5.98. The summed E-state index contributed by atoms with van der Waals surface area (Å²) < 4.78 is 31.3. The lowest BCUT2D eigenvalue weighted by molar-refractivity contribution is -0.124. The summed E-state index contributed by atoms with van der Waals surface area (Å²) in [4.78, 5) is 13.3. The Bertz CT molecular complexity index is 984. The number of hydrogen-bond acceptors (Lipinski definition) is 4. The molecule has 28 heavy (non-hydrogen) atoms. The van der Waals surface area contributed by atoms with Gasteiger partial charge in [0.1, 0.15) is 5.75 Å². The van der Waals surface area contributed by atoms with Gasteiger partial charge in [-0.1, -0.05) is 30.2 Å².